The topological polar surface area (TPSA) is 43.9 Å². The summed E-state index contributed by atoms with van der Waals surface area (Å²) in [5.41, 5.74) is 1.99. The van der Waals surface area contributed by atoms with Gasteiger partial charge in [-0.2, -0.15) is 0 Å². The molecule has 1 atom stereocenters. The molecule has 0 radical (unpaired) electrons. The second kappa shape index (κ2) is 6.01. The van der Waals surface area contributed by atoms with E-state index in [4.69, 9.17) is 0 Å². The van der Waals surface area contributed by atoms with Crippen LogP contribution >= 0.6 is 11.3 Å². The molecule has 0 N–H and O–H groups in total. The fraction of sp³-hybridized carbons (Fsp3) is 0.625. The molecule has 2 saturated heterocycles. The molecule has 0 spiro atoms. The van der Waals surface area contributed by atoms with Gasteiger partial charge in [-0.1, -0.05) is 6.92 Å². The largest absolute Gasteiger partial charge is 0.343 e. The number of hydrogen-bond acceptors (Lipinski definition) is 4. The molecule has 3 heterocycles. The van der Waals surface area contributed by atoms with Gasteiger partial charge in [-0.25, -0.2) is 0 Å². The van der Waals surface area contributed by atoms with E-state index < -0.39 is 0 Å². The van der Waals surface area contributed by atoms with E-state index in [1.165, 1.54) is 4.88 Å². The second-order valence-electron chi connectivity index (χ2n) is 6.10. The Morgan fingerprint density at radius 2 is 2.05 bits per heavy atom. The molecule has 120 valence electrons. The molecule has 0 bridgehead atoms. The van der Waals surface area contributed by atoms with Crippen molar-refractivity contribution < 1.29 is 9.59 Å². The molecule has 2 aliphatic rings. The van der Waals surface area contributed by atoms with Gasteiger partial charge in [-0.05, 0) is 18.9 Å². The van der Waals surface area contributed by atoms with Gasteiger partial charge in [0.25, 0.3) is 5.91 Å². The van der Waals surface area contributed by atoms with Crippen molar-refractivity contribution in [3.05, 3.63) is 21.4 Å². The summed E-state index contributed by atoms with van der Waals surface area (Å²) in [7, 11) is 1.85. The molecule has 2 aliphatic heterocycles. The maximum Gasteiger partial charge on any atom is 0.255 e. The average molecular weight is 321 g/mol. The number of aryl methyl sites for hydroxylation is 1. The molecule has 1 unspecified atom stereocenters. The number of amides is 2. The van der Waals surface area contributed by atoms with Gasteiger partial charge in [0.15, 0.2) is 0 Å². The van der Waals surface area contributed by atoms with E-state index >= 15 is 0 Å². The van der Waals surface area contributed by atoms with E-state index in [9.17, 15) is 9.59 Å². The van der Waals surface area contributed by atoms with Crippen LogP contribution in [0.15, 0.2) is 5.38 Å². The number of carbonyl (C=O) groups excluding carboxylic acids is 2. The molecule has 5 nitrogen and oxygen atoms in total. The Hall–Kier alpha value is -1.40. The molecule has 2 fully saturated rings. The molecule has 0 saturated carbocycles. The van der Waals surface area contributed by atoms with Crippen molar-refractivity contribution in [3.8, 4) is 0 Å². The lowest BCUT2D eigenvalue weighted by Gasteiger charge is -2.45. The first-order chi connectivity index (χ1) is 10.5. The molecule has 22 heavy (non-hydrogen) atoms. The highest BCUT2D eigenvalue weighted by Gasteiger charge is 2.39. The summed E-state index contributed by atoms with van der Waals surface area (Å²) in [5.74, 6) is 0.225. The van der Waals surface area contributed by atoms with Crippen LogP contribution in [0.1, 0.15) is 27.7 Å². The summed E-state index contributed by atoms with van der Waals surface area (Å²) in [6.45, 7) is 7.87. The second-order valence-corrected chi connectivity index (χ2v) is 7.18. The Labute approximate surface area is 135 Å². The van der Waals surface area contributed by atoms with Crippen molar-refractivity contribution in [2.75, 3.05) is 39.8 Å². The number of rotatable bonds is 2. The van der Waals surface area contributed by atoms with Crippen LogP contribution in [0, 0.1) is 6.92 Å². The van der Waals surface area contributed by atoms with Crippen molar-refractivity contribution in [2.45, 2.75) is 26.3 Å². The minimum Gasteiger partial charge on any atom is -0.343 e. The molecular formula is C16H23N3O2S. The van der Waals surface area contributed by atoms with Crippen molar-refractivity contribution in [1.82, 2.24) is 14.7 Å². The van der Waals surface area contributed by atoms with Crippen LogP contribution < -0.4 is 0 Å². The number of likely N-dealkylation sites (N-methyl/N-ethyl adjacent to an activating group) is 1. The molecule has 2 amide bonds. The van der Waals surface area contributed by atoms with Crippen LogP contribution in [0.3, 0.4) is 0 Å². The van der Waals surface area contributed by atoms with E-state index in [1.807, 2.05) is 17.3 Å². The van der Waals surface area contributed by atoms with Gasteiger partial charge in [0, 0.05) is 50.0 Å². The number of piperazine rings is 2. The Morgan fingerprint density at radius 1 is 1.32 bits per heavy atom. The summed E-state index contributed by atoms with van der Waals surface area (Å²) >= 11 is 1.64. The molecule has 0 aliphatic carbocycles. The number of fused-ring (bicyclic) bond motifs is 1. The number of hydrogen-bond donors (Lipinski definition) is 0. The molecule has 1 aromatic heterocycles. The van der Waals surface area contributed by atoms with Gasteiger partial charge in [0.1, 0.15) is 6.04 Å². The lowest BCUT2D eigenvalue weighted by Crippen LogP contribution is -2.64. The lowest BCUT2D eigenvalue weighted by molar-refractivity contribution is -0.142. The standard InChI is InChI=1S/C16H23N3O2S/c1-4-12-11(2)22-10-13(12)15(20)19-8-7-18-6-5-17(3)16(21)14(18)9-19/h10,14H,4-9H2,1-3H3. The van der Waals surface area contributed by atoms with E-state index in [0.717, 1.165) is 37.2 Å². The van der Waals surface area contributed by atoms with Gasteiger partial charge in [-0.15, -0.1) is 11.3 Å². The van der Waals surface area contributed by atoms with Crippen LogP contribution in [-0.2, 0) is 11.2 Å². The minimum absolute atomic E-state index is 0.0851. The third kappa shape index (κ3) is 2.54. The summed E-state index contributed by atoms with van der Waals surface area (Å²) in [6, 6.07) is -0.166. The minimum atomic E-state index is -0.166. The van der Waals surface area contributed by atoms with Crippen LogP contribution in [0.5, 0.6) is 0 Å². The maximum absolute atomic E-state index is 12.8. The first kappa shape index (κ1) is 15.5. The van der Waals surface area contributed by atoms with E-state index in [0.29, 0.717) is 13.1 Å². The number of nitrogens with zero attached hydrogens (tertiary/aromatic N) is 3. The lowest BCUT2D eigenvalue weighted by atomic mass is 10.0. The SMILES string of the molecule is CCc1c(C(=O)N2CCN3CCN(C)C(=O)C3C2)csc1C. The smallest absolute Gasteiger partial charge is 0.255 e. The molecule has 0 aromatic carbocycles. The zero-order valence-electron chi connectivity index (χ0n) is 13.5. The molecule has 6 heteroatoms. The highest BCUT2D eigenvalue weighted by Crippen LogP contribution is 2.25. The third-order valence-corrected chi connectivity index (χ3v) is 5.80. The van der Waals surface area contributed by atoms with Crippen LogP contribution in [0.4, 0.5) is 0 Å². The van der Waals surface area contributed by atoms with E-state index in [1.54, 1.807) is 16.2 Å². The van der Waals surface area contributed by atoms with E-state index in [-0.39, 0.29) is 17.9 Å². The van der Waals surface area contributed by atoms with Crippen molar-refractivity contribution >= 4 is 23.2 Å². The van der Waals surface area contributed by atoms with Crippen LogP contribution in [-0.4, -0.2) is 72.3 Å². The fourth-order valence-electron chi connectivity index (χ4n) is 3.42. The first-order valence-corrected chi connectivity index (χ1v) is 8.76. The predicted molar refractivity (Wildman–Crippen MR) is 87.3 cm³/mol. The summed E-state index contributed by atoms with van der Waals surface area (Å²) < 4.78 is 0. The average Bonchev–Trinajstić information content (AvgIpc) is 2.90. The highest BCUT2D eigenvalue weighted by atomic mass is 32.1. The van der Waals surface area contributed by atoms with Gasteiger partial charge in [0.2, 0.25) is 5.91 Å². The van der Waals surface area contributed by atoms with Crippen molar-refractivity contribution in [1.29, 1.82) is 0 Å². The monoisotopic (exact) mass is 321 g/mol. The van der Waals surface area contributed by atoms with Gasteiger partial charge in [0.05, 0.1) is 5.56 Å². The molecular weight excluding hydrogens is 298 g/mol. The highest BCUT2D eigenvalue weighted by molar-refractivity contribution is 7.10. The first-order valence-electron chi connectivity index (χ1n) is 7.88. The Balaban J connectivity index is 1.78. The molecule has 3 rings (SSSR count). The van der Waals surface area contributed by atoms with Crippen molar-refractivity contribution in [3.63, 3.8) is 0 Å². The van der Waals surface area contributed by atoms with Gasteiger partial charge in [-0.3, -0.25) is 14.5 Å². The number of carbonyl (C=O) groups is 2. The zero-order chi connectivity index (χ0) is 15.9. The molecule has 1 aromatic rings. The predicted octanol–water partition coefficient (Wildman–Crippen LogP) is 1.22. The van der Waals surface area contributed by atoms with Gasteiger partial charge < -0.3 is 9.80 Å². The summed E-state index contributed by atoms with van der Waals surface area (Å²) in [4.78, 5) is 32.3. The fourth-order valence-corrected chi connectivity index (χ4v) is 4.35. The van der Waals surface area contributed by atoms with Crippen LogP contribution in [0.25, 0.3) is 0 Å². The Kier molecular flexibility index (Phi) is 4.23. The van der Waals surface area contributed by atoms with E-state index in [2.05, 4.69) is 18.7 Å². The van der Waals surface area contributed by atoms with Gasteiger partial charge >= 0.3 is 0 Å². The third-order valence-electron chi connectivity index (χ3n) is 4.85. The zero-order valence-corrected chi connectivity index (χ0v) is 14.3. The maximum atomic E-state index is 12.8. The summed E-state index contributed by atoms with van der Waals surface area (Å²) in [6.07, 6.45) is 0.876. The Morgan fingerprint density at radius 3 is 2.77 bits per heavy atom. The summed E-state index contributed by atoms with van der Waals surface area (Å²) in [5, 5.41) is 1.97. The van der Waals surface area contributed by atoms with Crippen LogP contribution in [0.2, 0.25) is 0 Å². The van der Waals surface area contributed by atoms with Crippen molar-refractivity contribution in [2.24, 2.45) is 0 Å². The Bertz CT molecular complexity index is 598. The quantitative estimate of drug-likeness (QED) is 0.823. The number of thiophene rings is 1. The normalized spacial score (nSPS) is 22.9.